The van der Waals surface area contributed by atoms with Gasteiger partial charge in [0.05, 0.1) is 5.76 Å². The van der Waals surface area contributed by atoms with Gasteiger partial charge in [-0.2, -0.15) is 0 Å². The summed E-state index contributed by atoms with van der Waals surface area (Å²) in [5.41, 5.74) is 4.96. The molecule has 251 valence electrons. The molecule has 0 saturated heterocycles. The fourth-order valence-corrected chi connectivity index (χ4v) is 6.95. The van der Waals surface area contributed by atoms with E-state index in [1.807, 2.05) is 45.2 Å². The van der Waals surface area contributed by atoms with Crippen molar-refractivity contribution in [3.8, 4) is 21.7 Å². The van der Waals surface area contributed by atoms with E-state index in [2.05, 4.69) is 102 Å². The molecular weight excluding hydrogens is 763 g/mol. The van der Waals surface area contributed by atoms with Crippen LogP contribution in [0.1, 0.15) is 105 Å². The molecule has 4 aromatic rings. The van der Waals surface area contributed by atoms with Crippen LogP contribution in [0.25, 0.3) is 32.5 Å². The third-order valence-corrected chi connectivity index (χ3v) is 9.49. The van der Waals surface area contributed by atoms with Gasteiger partial charge < -0.3 is 5.11 Å². The minimum atomic E-state index is 0. The van der Waals surface area contributed by atoms with E-state index >= 15 is 0 Å². The van der Waals surface area contributed by atoms with Crippen LogP contribution in [0.3, 0.4) is 0 Å². The topological polar surface area (TPSA) is 50.2 Å². The molecule has 1 radical (unpaired) electrons. The predicted octanol–water partition coefficient (Wildman–Crippen LogP) is 12.2. The second kappa shape index (κ2) is 17.5. The number of allylic oxidation sites excluding steroid dienone is 2. The number of fused-ring (bicyclic) bond motifs is 1. The molecular formula is C41H54IrNO2S-. The molecule has 5 heteroatoms. The van der Waals surface area contributed by atoms with Crippen LogP contribution in [0.5, 0.6) is 0 Å². The van der Waals surface area contributed by atoms with Crippen molar-refractivity contribution in [2.75, 3.05) is 0 Å². The molecule has 1 N–H and O–H groups in total. The molecule has 0 amide bonds. The Balaban J connectivity index is 0.000000394. The molecule has 0 aliphatic rings. The molecule has 2 aromatic carbocycles. The van der Waals surface area contributed by atoms with Crippen molar-refractivity contribution in [2.45, 2.75) is 107 Å². The van der Waals surface area contributed by atoms with Crippen LogP contribution < -0.4 is 0 Å². The van der Waals surface area contributed by atoms with Gasteiger partial charge in [0, 0.05) is 59.7 Å². The quantitative estimate of drug-likeness (QED) is 0.0985. The Labute approximate surface area is 296 Å². The van der Waals surface area contributed by atoms with Gasteiger partial charge in [0.2, 0.25) is 0 Å². The summed E-state index contributed by atoms with van der Waals surface area (Å²) in [6.07, 6.45) is 7.93. The maximum Gasteiger partial charge on any atom is 0.162 e. The van der Waals surface area contributed by atoms with E-state index in [4.69, 9.17) is 4.98 Å². The van der Waals surface area contributed by atoms with E-state index in [0.717, 1.165) is 48.7 Å². The zero-order valence-corrected chi connectivity index (χ0v) is 32.8. The van der Waals surface area contributed by atoms with Crippen LogP contribution in [-0.2, 0) is 36.7 Å². The van der Waals surface area contributed by atoms with Crippen LogP contribution in [0.4, 0.5) is 0 Å². The number of aliphatic hydroxyl groups is 1. The number of carbonyl (C=O) groups is 1. The molecule has 2 aromatic heterocycles. The normalized spacial score (nSPS) is 12.2. The fraction of sp³-hybridized carbons (Fsp3) is 0.463. The maximum atomic E-state index is 11.7. The second-order valence-corrected chi connectivity index (χ2v) is 15.5. The van der Waals surface area contributed by atoms with Crippen LogP contribution in [0.2, 0.25) is 0 Å². The smallest absolute Gasteiger partial charge is 0.162 e. The van der Waals surface area contributed by atoms with Gasteiger partial charge in [-0.3, -0.25) is 9.78 Å². The first-order valence-electron chi connectivity index (χ1n) is 16.7. The number of aromatic nitrogens is 1. The van der Waals surface area contributed by atoms with E-state index in [0.29, 0.717) is 5.41 Å². The Kier molecular flexibility index (Phi) is 15.1. The fourth-order valence-electron chi connectivity index (χ4n) is 5.65. The molecule has 0 saturated carbocycles. The zero-order chi connectivity index (χ0) is 33.4. The van der Waals surface area contributed by atoms with E-state index < -0.39 is 0 Å². The standard InChI is InChI=1S/C28H30NS.C13H24O2.Ir/c1-27(2,3)18-22-11-12-26(30-22)20-13-14-29-25(17-20)21-15-19-9-7-8-10-23(19)24(16-21)28(4,5)6;1-5-10(6-2)12(14)9-13(15)11(7-3)8-4;/h7-14,16-17H,18H2,1-6H3;9-11,14H,5-8H2,1-4H3;/q-1;;/b;12-9-;. The zero-order valence-electron chi connectivity index (χ0n) is 29.6. The van der Waals surface area contributed by atoms with Gasteiger partial charge in [0.1, 0.15) is 0 Å². The largest absolute Gasteiger partial charge is 0.512 e. The number of pyridine rings is 1. The number of aliphatic hydroxyl groups excluding tert-OH is 1. The van der Waals surface area contributed by atoms with Crippen LogP contribution in [0.15, 0.2) is 72.6 Å². The molecule has 3 nitrogen and oxygen atoms in total. The Morgan fingerprint density at radius 2 is 1.52 bits per heavy atom. The van der Waals surface area contributed by atoms with Crippen molar-refractivity contribution in [1.82, 2.24) is 4.98 Å². The second-order valence-electron chi connectivity index (χ2n) is 14.3. The van der Waals surface area contributed by atoms with Gasteiger partial charge in [-0.1, -0.05) is 104 Å². The maximum absolute atomic E-state index is 11.7. The average molecular weight is 817 g/mol. The number of benzene rings is 2. The van der Waals surface area contributed by atoms with E-state index in [9.17, 15) is 9.90 Å². The summed E-state index contributed by atoms with van der Waals surface area (Å²) >= 11 is 1.89. The van der Waals surface area contributed by atoms with E-state index in [1.165, 1.54) is 32.3 Å². The molecule has 0 fully saturated rings. The molecule has 0 atom stereocenters. The Morgan fingerprint density at radius 3 is 2.11 bits per heavy atom. The molecule has 0 aliphatic heterocycles. The molecule has 0 aliphatic carbocycles. The van der Waals surface area contributed by atoms with Crippen LogP contribution in [0, 0.1) is 23.3 Å². The van der Waals surface area contributed by atoms with Gasteiger partial charge in [-0.05, 0) is 66.7 Å². The van der Waals surface area contributed by atoms with Crippen molar-refractivity contribution in [3.05, 3.63) is 89.1 Å². The summed E-state index contributed by atoms with van der Waals surface area (Å²) in [6.45, 7) is 21.8. The first-order valence-corrected chi connectivity index (χ1v) is 17.5. The minimum Gasteiger partial charge on any atom is -0.512 e. The molecule has 0 unspecified atom stereocenters. The first-order chi connectivity index (χ1) is 21.2. The van der Waals surface area contributed by atoms with Crippen LogP contribution >= 0.6 is 11.3 Å². The van der Waals surface area contributed by atoms with Crippen molar-refractivity contribution in [2.24, 2.45) is 17.3 Å². The van der Waals surface area contributed by atoms with Gasteiger partial charge in [0.25, 0.3) is 0 Å². The molecule has 0 bridgehead atoms. The Hall–Kier alpha value is -2.59. The molecule has 4 rings (SSSR count). The number of hydrogen-bond donors (Lipinski definition) is 1. The first kappa shape index (κ1) is 39.6. The van der Waals surface area contributed by atoms with Gasteiger partial charge in [-0.25, -0.2) is 0 Å². The third-order valence-electron chi connectivity index (χ3n) is 8.35. The van der Waals surface area contributed by atoms with Gasteiger partial charge in [0.15, 0.2) is 5.78 Å². The molecule has 0 spiro atoms. The number of rotatable bonds is 10. The number of hydrogen-bond acceptors (Lipinski definition) is 4. The van der Waals surface area contributed by atoms with Crippen molar-refractivity contribution in [1.29, 1.82) is 0 Å². The number of ketones is 1. The van der Waals surface area contributed by atoms with E-state index in [1.54, 1.807) is 0 Å². The Bertz CT molecular complexity index is 1580. The summed E-state index contributed by atoms with van der Waals surface area (Å²) < 4.78 is 0. The van der Waals surface area contributed by atoms with E-state index in [-0.39, 0.29) is 48.9 Å². The van der Waals surface area contributed by atoms with Gasteiger partial charge in [-0.15, -0.1) is 40.5 Å². The summed E-state index contributed by atoms with van der Waals surface area (Å²) in [5.74, 6) is 0.547. The summed E-state index contributed by atoms with van der Waals surface area (Å²) in [7, 11) is 0. The summed E-state index contributed by atoms with van der Waals surface area (Å²) in [5, 5.41) is 12.2. The van der Waals surface area contributed by atoms with Crippen molar-refractivity contribution in [3.63, 3.8) is 0 Å². The number of thiophene rings is 1. The SMILES string of the molecule is CC(C)(C)Cc1ccc(-c2ccnc(-c3[c-]c4ccccc4c(C(C)(C)C)c3)c2)s1.CCC(CC)C(=O)/C=C(\O)C(CC)CC.[Ir]. The van der Waals surface area contributed by atoms with Crippen molar-refractivity contribution < 1.29 is 30.0 Å². The minimum absolute atomic E-state index is 0. The monoisotopic (exact) mass is 817 g/mol. The molecule has 46 heavy (non-hydrogen) atoms. The molecule has 2 heterocycles. The average Bonchev–Trinajstić information content (AvgIpc) is 3.44. The predicted molar refractivity (Wildman–Crippen MR) is 195 cm³/mol. The summed E-state index contributed by atoms with van der Waals surface area (Å²) in [6, 6.07) is 23.3. The number of nitrogens with zero attached hydrogens (tertiary/aromatic N) is 1. The van der Waals surface area contributed by atoms with Crippen LogP contribution in [-0.4, -0.2) is 15.9 Å². The Morgan fingerprint density at radius 1 is 0.891 bits per heavy atom. The third kappa shape index (κ3) is 11.0. The van der Waals surface area contributed by atoms with Gasteiger partial charge >= 0.3 is 0 Å². The number of carbonyl (C=O) groups excluding carboxylic acids is 1. The van der Waals surface area contributed by atoms with Crippen molar-refractivity contribution >= 4 is 27.9 Å². The summed E-state index contributed by atoms with van der Waals surface area (Å²) in [4.78, 5) is 19.2.